The van der Waals surface area contributed by atoms with Gasteiger partial charge in [0.2, 0.25) is 0 Å². The van der Waals surface area contributed by atoms with Crippen molar-refractivity contribution >= 4 is 11.7 Å². The Morgan fingerprint density at radius 2 is 1.38 bits per heavy atom. The summed E-state index contributed by atoms with van der Waals surface area (Å²) in [6, 6.07) is 7.73. The number of hydrogen-bond acceptors (Lipinski definition) is 1. The minimum Gasteiger partial charge on any atom is -0.338 e. The number of anilines is 1. The van der Waals surface area contributed by atoms with Crippen molar-refractivity contribution in [1.82, 2.24) is 5.32 Å². The van der Waals surface area contributed by atoms with Crippen molar-refractivity contribution < 1.29 is 4.79 Å². The second-order valence-electron chi connectivity index (χ2n) is 7.83. The Morgan fingerprint density at radius 3 is 2.03 bits per heavy atom. The van der Waals surface area contributed by atoms with Gasteiger partial charge in [0.15, 0.2) is 0 Å². The van der Waals surface area contributed by atoms with E-state index in [0.29, 0.717) is 0 Å². The van der Waals surface area contributed by atoms with Crippen LogP contribution in [0, 0.1) is 6.92 Å². The number of amides is 2. The molecular weight excluding hydrogens is 356 g/mol. The Balaban J connectivity index is 1.85. The zero-order chi connectivity index (χ0) is 21.0. The number of nitrogens with one attached hydrogen (secondary N) is 2. The lowest BCUT2D eigenvalue weighted by molar-refractivity contribution is 0.252. The maximum atomic E-state index is 11.8. The Hall–Kier alpha value is -2.03. The molecule has 0 bridgehead atoms. The van der Waals surface area contributed by atoms with E-state index in [4.69, 9.17) is 0 Å². The van der Waals surface area contributed by atoms with Gasteiger partial charge in [-0.05, 0) is 57.6 Å². The van der Waals surface area contributed by atoms with E-state index in [1.165, 1.54) is 69.8 Å². The molecule has 3 nitrogen and oxygen atoms in total. The predicted molar refractivity (Wildman–Crippen MR) is 128 cm³/mol. The minimum absolute atomic E-state index is 0.114. The van der Waals surface area contributed by atoms with Crippen LogP contribution in [0.3, 0.4) is 0 Å². The standard InChI is InChI=1S/C26H42N2O/c1-3-4-5-6-7-8-9-10-11-12-13-14-15-16-17-18-23-27-26(29)28-25-21-19-24(2)20-22-25/h7-8,10-11,19-22H,3-6,9,12-18,23H2,1-2H3,(H2,27,28,29). The van der Waals surface area contributed by atoms with Gasteiger partial charge in [0, 0.05) is 12.2 Å². The topological polar surface area (TPSA) is 41.1 Å². The van der Waals surface area contributed by atoms with E-state index in [0.717, 1.165) is 25.1 Å². The highest BCUT2D eigenvalue weighted by Crippen LogP contribution is 2.09. The molecule has 2 amide bonds. The van der Waals surface area contributed by atoms with Gasteiger partial charge >= 0.3 is 6.03 Å². The van der Waals surface area contributed by atoms with Crippen LogP contribution >= 0.6 is 0 Å². The monoisotopic (exact) mass is 398 g/mol. The van der Waals surface area contributed by atoms with E-state index >= 15 is 0 Å². The Bertz CT molecular complexity index is 575. The fourth-order valence-electron chi connectivity index (χ4n) is 3.13. The van der Waals surface area contributed by atoms with Gasteiger partial charge in [-0.15, -0.1) is 0 Å². The molecule has 1 rings (SSSR count). The number of benzene rings is 1. The minimum atomic E-state index is -0.114. The number of hydrogen-bond donors (Lipinski definition) is 2. The first kappa shape index (κ1) is 25.0. The highest BCUT2D eigenvalue weighted by atomic mass is 16.2. The molecular formula is C26H42N2O. The van der Waals surface area contributed by atoms with Gasteiger partial charge in [-0.25, -0.2) is 4.79 Å². The number of rotatable bonds is 16. The number of carbonyl (C=O) groups excluding carboxylic acids is 1. The molecule has 0 spiro atoms. The highest BCUT2D eigenvalue weighted by Gasteiger charge is 2.00. The van der Waals surface area contributed by atoms with Crippen molar-refractivity contribution in [3.63, 3.8) is 0 Å². The number of allylic oxidation sites excluding steroid dienone is 4. The van der Waals surface area contributed by atoms with Crippen LogP contribution in [-0.2, 0) is 0 Å². The molecule has 162 valence electrons. The SMILES string of the molecule is CCCCCC=CCC=CCCCCCCCCNC(=O)Nc1ccc(C)cc1. The van der Waals surface area contributed by atoms with Crippen molar-refractivity contribution in [1.29, 1.82) is 0 Å². The van der Waals surface area contributed by atoms with Crippen molar-refractivity contribution in [3.8, 4) is 0 Å². The summed E-state index contributed by atoms with van der Waals surface area (Å²) in [5, 5.41) is 5.79. The van der Waals surface area contributed by atoms with Crippen LogP contribution in [0.25, 0.3) is 0 Å². The van der Waals surface area contributed by atoms with Gasteiger partial charge in [0.25, 0.3) is 0 Å². The number of urea groups is 1. The molecule has 0 atom stereocenters. The summed E-state index contributed by atoms with van der Waals surface area (Å²) in [4.78, 5) is 11.8. The van der Waals surface area contributed by atoms with Crippen LogP contribution in [0.15, 0.2) is 48.6 Å². The Kier molecular flexibility index (Phi) is 15.5. The van der Waals surface area contributed by atoms with Crippen LogP contribution in [0.5, 0.6) is 0 Å². The molecule has 1 aromatic rings. The lowest BCUT2D eigenvalue weighted by Gasteiger charge is -2.07. The first-order chi connectivity index (χ1) is 14.2. The second kappa shape index (κ2) is 18.0. The summed E-state index contributed by atoms with van der Waals surface area (Å²) in [5.74, 6) is 0. The molecule has 0 saturated carbocycles. The molecule has 0 heterocycles. The zero-order valence-corrected chi connectivity index (χ0v) is 18.7. The van der Waals surface area contributed by atoms with Gasteiger partial charge < -0.3 is 10.6 Å². The molecule has 0 fully saturated rings. The zero-order valence-electron chi connectivity index (χ0n) is 18.7. The maximum absolute atomic E-state index is 11.8. The third-order valence-electron chi connectivity index (χ3n) is 4.97. The van der Waals surface area contributed by atoms with Gasteiger partial charge in [0.1, 0.15) is 0 Å². The quantitative estimate of drug-likeness (QED) is 0.215. The van der Waals surface area contributed by atoms with E-state index < -0.39 is 0 Å². The van der Waals surface area contributed by atoms with E-state index in [1.54, 1.807) is 0 Å². The first-order valence-electron chi connectivity index (χ1n) is 11.6. The van der Waals surface area contributed by atoms with E-state index in [1.807, 2.05) is 31.2 Å². The summed E-state index contributed by atoms with van der Waals surface area (Å²) >= 11 is 0. The lowest BCUT2D eigenvalue weighted by atomic mass is 10.1. The summed E-state index contributed by atoms with van der Waals surface area (Å²) < 4.78 is 0. The highest BCUT2D eigenvalue weighted by molar-refractivity contribution is 5.89. The van der Waals surface area contributed by atoms with E-state index in [9.17, 15) is 4.79 Å². The summed E-state index contributed by atoms with van der Waals surface area (Å²) in [6.07, 6.45) is 24.1. The van der Waals surface area contributed by atoms with Crippen LogP contribution in [-0.4, -0.2) is 12.6 Å². The third-order valence-corrected chi connectivity index (χ3v) is 4.97. The molecule has 2 N–H and O–H groups in total. The van der Waals surface area contributed by atoms with E-state index in [2.05, 4.69) is 41.9 Å². The smallest absolute Gasteiger partial charge is 0.319 e. The number of unbranched alkanes of at least 4 members (excludes halogenated alkanes) is 9. The Labute approximate surface area is 179 Å². The summed E-state index contributed by atoms with van der Waals surface area (Å²) in [6.45, 7) is 5.03. The molecule has 0 radical (unpaired) electrons. The molecule has 3 heteroatoms. The van der Waals surface area contributed by atoms with Crippen molar-refractivity contribution in [2.45, 2.75) is 90.9 Å². The summed E-state index contributed by atoms with van der Waals surface area (Å²) in [5.41, 5.74) is 2.03. The molecule has 29 heavy (non-hydrogen) atoms. The average molecular weight is 399 g/mol. The molecule has 1 aromatic carbocycles. The largest absolute Gasteiger partial charge is 0.338 e. The fraction of sp³-hybridized carbons (Fsp3) is 0.577. The fourth-order valence-corrected chi connectivity index (χ4v) is 3.13. The second-order valence-corrected chi connectivity index (χ2v) is 7.83. The van der Waals surface area contributed by atoms with Crippen LogP contribution in [0.1, 0.15) is 89.5 Å². The van der Waals surface area contributed by atoms with Crippen LogP contribution in [0.4, 0.5) is 10.5 Å². The van der Waals surface area contributed by atoms with Gasteiger partial charge in [0.05, 0.1) is 0 Å². The van der Waals surface area contributed by atoms with Crippen LogP contribution < -0.4 is 10.6 Å². The summed E-state index contributed by atoms with van der Waals surface area (Å²) in [7, 11) is 0. The number of aryl methyl sites for hydroxylation is 1. The normalized spacial score (nSPS) is 11.4. The third kappa shape index (κ3) is 15.6. The van der Waals surface area contributed by atoms with Gasteiger partial charge in [-0.3, -0.25) is 0 Å². The molecule has 0 unspecified atom stereocenters. The van der Waals surface area contributed by atoms with Crippen molar-refractivity contribution in [2.75, 3.05) is 11.9 Å². The van der Waals surface area contributed by atoms with E-state index in [-0.39, 0.29) is 6.03 Å². The van der Waals surface area contributed by atoms with Crippen molar-refractivity contribution in [3.05, 3.63) is 54.1 Å². The molecule has 0 saturated heterocycles. The number of carbonyl (C=O) groups is 1. The maximum Gasteiger partial charge on any atom is 0.319 e. The van der Waals surface area contributed by atoms with Gasteiger partial charge in [-0.1, -0.05) is 87.4 Å². The molecule has 0 aliphatic heterocycles. The molecule has 0 aromatic heterocycles. The van der Waals surface area contributed by atoms with Crippen molar-refractivity contribution in [2.24, 2.45) is 0 Å². The lowest BCUT2D eigenvalue weighted by Crippen LogP contribution is -2.29. The first-order valence-corrected chi connectivity index (χ1v) is 11.6. The average Bonchev–Trinajstić information content (AvgIpc) is 2.72. The Morgan fingerprint density at radius 1 is 0.793 bits per heavy atom. The predicted octanol–water partition coefficient (Wildman–Crippen LogP) is 7.93. The molecule has 0 aliphatic rings. The van der Waals surface area contributed by atoms with Gasteiger partial charge in [-0.2, -0.15) is 0 Å². The molecule has 0 aliphatic carbocycles. The van der Waals surface area contributed by atoms with Crippen LogP contribution in [0.2, 0.25) is 0 Å².